The summed E-state index contributed by atoms with van der Waals surface area (Å²) >= 11 is 3.35. The SMILES string of the molecule is CCNCC1CCCCN1S(=O)(=O)Nc1cccc(Br)c1. The van der Waals surface area contributed by atoms with Crippen LogP contribution in [0.1, 0.15) is 26.2 Å². The van der Waals surface area contributed by atoms with Gasteiger partial charge in [0.25, 0.3) is 0 Å². The molecule has 5 nitrogen and oxygen atoms in total. The molecule has 1 atom stereocenters. The van der Waals surface area contributed by atoms with Crippen LogP contribution in [0.4, 0.5) is 5.69 Å². The molecule has 0 bridgehead atoms. The van der Waals surface area contributed by atoms with Crippen molar-refractivity contribution in [3.63, 3.8) is 0 Å². The van der Waals surface area contributed by atoms with Gasteiger partial charge in [0.1, 0.15) is 0 Å². The molecule has 2 N–H and O–H groups in total. The fourth-order valence-electron chi connectivity index (χ4n) is 2.56. The molecule has 1 aliphatic rings. The monoisotopic (exact) mass is 375 g/mol. The Hall–Kier alpha value is -0.630. The second-order valence-corrected chi connectivity index (χ2v) is 7.72. The number of anilines is 1. The van der Waals surface area contributed by atoms with Crippen molar-refractivity contribution in [2.45, 2.75) is 32.2 Å². The maximum absolute atomic E-state index is 12.6. The molecule has 1 aromatic rings. The summed E-state index contributed by atoms with van der Waals surface area (Å²) in [5.41, 5.74) is 0.581. The Bertz CT molecular complexity index is 565. The van der Waals surface area contributed by atoms with Gasteiger partial charge >= 0.3 is 10.2 Å². The fraction of sp³-hybridized carbons (Fsp3) is 0.571. The highest BCUT2D eigenvalue weighted by atomic mass is 79.9. The van der Waals surface area contributed by atoms with Crippen molar-refractivity contribution in [2.24, 2.45) is 0 Å². The highest BCUT2D eigenvalue weighted by molar-refractivity contribution is 9.10. The summed E-state index contributed by atoms with van der Waals surface area (Å²) in [4.78, 5) is 0. The van der Waals surface area contributed by atoms with Crippen molar-refractivity contribution in [3.8, 4) is 0 Å². The summed E-state index contributed by atoms with van der Waals surface area (Å²) in [6.07, 6.45) is 2.91. The van der Waals surface area contributed by atoms with E-state index >= 15 is 0 Å². The quantitative estimate of drug-likeness (QED) is 0.802. The van der Waals surface area contributed by atoms with Crippen molar-refractivity contribution < 1.29 is 8.42 Å². The Morgan fingerprint density at radius 2 is 2.19 bits per heavy atom. The van der Waals surface area contributed by atoms with Crippen molar-refractivity contribution >= 4 is 31.8 Å². The molecule has 0 saturated carbocycles. The smallest absolute Gasteiger partial charge is 0.301 e. The third-order valence-electron chi connectivity index (χ3n) is 3.58. The van der Waals surface area contributed by atoms with Gasteiger partial charge in [0.2, 0.25) is 0 Å². The Balaban J connectivity index is 2.12. The van der Waals surface area contributed by atoms with Gasteiger partial charge in [0.15, 0.2) is 0 Å². The molecule has 0 radical (unpaired) electrons. The van der Waals surface area contributed by atoms with Crippen molar-refractivity contribution in [3.05, 3.63) is 28.7 Å². The summed E-state index contributed by atoms with van der Waals surface area (Å²) in [6, 6.07) is 7.23. The predicted octanol–water partition coefficient (Wildman–Crippen LogP) is 2.57. The van der Waals surface area contributed by atoms with Crippen LogP contribution in [0, 0.1) is 0 Å². The van der Waals surface area contributed by atoms with E-state index in [9.17, 15) is 8.42 Å². The molecule has 0 aromatic heterocycles. The second kappa shape index (κ2) is 7.58. The van der Waals surface area contributed by atoms with E-state index in [1.165, 1.54) is 0 Å². The molecule has 1 aromatic carbocycles. The standard InChI is InChI=1S/C14H22BrN3O2S/c1-2-16-11-14-8-3-4-9-18(14)21(19,20)17-13-7-5-6-12(15)10-13/h5-7,10,14,16-17H,2-4,8-9,11H2,1H3. The lowest BCUT2D eigenvalue weighted by Crippen LogP contribution is -2.50. The lowest BCUT2D eigenvalue weighted by atomic mass is 10.1. The van der Waals surface area contributed by atoms with Crippen molar-refractivity contribution in [2.75, 3.05) is 24.4 Å². The van der Waals surface area contributed by atoms with Gasteiger partial charge in [-0.3, -0.25) is 4.72 Å². The molecule has 0 amide bonds. The molecule has 118 valence electrons. The lowest BCUT2D eigenvalue weighted by molar-refractivity contribution is 0.248. The third-order valence-corrected chi connectivity index (χ3v) is 5.67. The van der Waals surface area contributed by atoms with Crippen molar-refractivity contribution in [1.82, 2.24) is 9.62 Å². The third kappa shape index (κ3) is 4.67. The van der Waals surface area contributed by atoms with Crippen LogP contribution in [0.15, 0.2) is 28.7 Å². The van der Waals surface area contributed by atoms with E-state index in [0.29, 0.717) is 18.8 Å². The molecule has 21 heavy (non-hydrogen) atoms. The summed E-state index contributed by atoms with van der Waals surface area (Å²) in [5, 5.41) is 3.25. The molecule has 1 unspecified atom stereocenters. The van der Waals surface area contributed by atoms with E-state index < -0.39 is 10.2 Å². The fourth-order valence-corrected chi connectivity index (χ4v) is 4.45. The number of likely N-dealkylation sites (N-methyl/N-ethyl adjacent to an activating group) is 1. The molecule has 0 spiro atoms. The first-order valence-corrected chi connectivity index (χ1v) is 9.52. The van der Waals surface area contributed by atoms with Gasteiger partial charge in [-0.15, -0.1) is 0 Å². The number of halogens is 1. The number of rotatable bonds is 6. The molecular weight excluding hydrogens is 354 g/mol. The summed E-state index contributed by atoms with van der Waals surface area (Å²) in [7, 11) is -3.51. The van der Waals surface area contributed by atoms with E-state index in [0.717, 1.165) is 30.3 Å². The Morgan fingerprint density at radius 1 is 1.38 bits per heavy atom. The minimum Gasteiger partial charge on any atom is -0.315 e. The lowest BCUT2D eigenvalue weighted by Gasteiger charge is -2.34. The maximum Gasteiger partial charge on any atom is 0.301 e. The van der Waals surface area contributed by atoms with E-state index in [2.05, 4.69) is 26.0 Å². The molecule has 1 fully saturated rings. The first-order valence-electron chi connectivity index (χ1n) is 7.29. The van der Waals surface area contributed by atoms with E-state index in [1.807, 2.05) is 19.1 Å². The van der Waals surface area contributed by atoms with Crippen LogP contribution in [0.5, 0.6) is 0 Å². The van der Waals surface area contributed by atoms with Crippen LogP contribution in [-0.4, -0.2) is 38.4 Å². The summed E-state index contributed by atoms with van der Waals surface area (Å²) in [6.45, 7) is 4.17. The Labute approximate surface area is 135 Å². The van der Waals surface area contributed by atoms with Crippen LogP contribution in [0.25, 0.3) is 0 Å². The predicted molar refractivity (Wildman–Crippen MR) is 89.6 cm³/mol. The zero-order valence-electron chi connectivity index (χ0n) is 12.2. The van der Waals surface area contributed by atoms with E-state index in [1.54, 1.807) is 16.4 Å². The van der Waals surface area contributed by atoms with Gasteiger partial charge in [-0.05, 0) is 37.6 Å². The Kier molecular flexibility index (Phi) is 6.04. The molecule has 1 aliphatic heterocycles. The van der Waals surface area contributed by atoms with Gasteiger partial charge < -0.3 is 5.32 Å². The minimum atomic E-state index is -3.51. The minimum absolute atomic E-state index is 0.0309. The molecular formula is C14H22BrN3O2S. The number of nitrogens with one attached hydrogen (secondary N) is 2. The van der Waals surface area contributed by atoms with E-state index in [4.69, 9.17) is 0 Å². The van der Waals surface area contributed by atoms with Crippen LogP contribution in [0.2, 0.25) is 0 Å². The topological polar surface area (TPSA) is 61.4 Å². The molecule has 1 saturated heterocycles. The molecule has 7 heteroatoms. The molecule has 0 aliphatic carbocycles. The number of benzene rings is 1. The average molecular weight is 376 g/mol. The van der Waals surface area contributed by atoms with E-state index in [-0.39, 0.29) is 6.04 Å². The van der Waals surface area contributed by atoms with Gasteiger partial charge in [0, 0.05) is 23.6 Å². The van der Waals surface area contributed by atoms with Gasteiger partial charge in [-0.1, -0.05) is 35.3 Å². The average Bonchev–Trinajstić information content (AvgIpc) is 2.45. The number of hydrogen-bond acceptors (Lipinski definition) is 3. The van der Waals surface area contributed by atoms with Crippen LogP contribution in [0.3, 0.4) is 0 Å². The largest absolute Gasteiger partial charge is 0.315 e. The maximum atomic E-state index is 12.6. The number of piperidine rings is 1. The highest BCUT2D eigenvalue weighted by Crippen LogP contribution is 2.23. The van der Waals surface area contributed by atoms with Gasteiger partial charge in [-0.2, -0.15) is 12.7 Å². The zero-order valence-corrected chi connectivity index (χ0v) is 14.6. The van der Waals surface area contributed by atoms with Crippen LogP contribution < -0.4 is 10.0 Å². The van der Waals surface area contributed by atoms with Crippen LogP contribution in [-0.2, 0) is 10.2 Å². The molecule has 2 rings (SSSR count). The van der Waals surface area contributed by atoms with Crippen LogP contribution >= 0.6 is 15.9 Å². The van der Waals surface area contributed by atoms with Gasteiger partial charge in [-0.25, -0.2) is 0 Å². The summed E-state index contributed by atoms with van der Waals surface area (Å²) < 4.78 is 30.3. The number of nitrogens with zero attached hydrogens (tertiary/aromatic N) is 1. The van der Waals surface area contributed by atoms with Crippen molar-refractivity contribution in [1.29, 1.82) is 0 Å². The second-order valence-electron chi connectivity index (χ2n) is 5.19. The summed E-state index contributed by atoms with van der Waals surface area (Å²) in [5.74, 6) is 0. The number of hydrogen-bond donors (Lipinski definition) is 2. The molecule has 1 heterocycles. The zero-order chi connectivity index (χ0) is 15.3. The Morgan fingerprint density at radius 3 is 2.90 bits per heavy atom. The normalized spacial score (nSPS) is 20.4. The highest BCUT2D eigenvalue weighted by Gasteiger charge is 2.31. The first kappa shape index (κ1) is 16.7. The van der Waals surface area contributed by atoms with Gasteiger partial charge in [0.05, 0.1) is 5.69 Å². The first-order chi connectivity index (χ1) is 10.0.